The van der Waals surface area contributed by atoms with E-state index in [4.69, 9.17) is 9.84 Å². The largest absolute Gasteiger partial charge is 0.480 e. The van der Waals surface area contributed by atoms with Crippen LogP contribution in [0.4, 0.5) is 4.79 Å². The molecule has 0 bridgehead atoms. The minimum Gasteiger partial charge on any atom is -0.480 e. The molecule has 0 aromatic heterocycles. The lowest BCUT2D eigenvalue weighted by molar-refractivity contribution is -0.141. The summed E-state index contributed by atoms with van der Waals surface area (Å²) in [7, 11) is 0. The molecule has 0 radical (unpaired) electrons. The second-order valence-electron chi connectivity index (χ2n) is 5.45. The Labute approximate surface area is 118 Å². The van der Waals surface area contributed by atoms with E-state index in [2.05, 4.69) is 10.2 Å². The highest BCUT2D eigenvalue weighted by molar-refractivity contribution is 5.83. The highest BCUT2D eigenvalue weighted by Gasteiger charge is 2.34. The molecule has 2 rings (SSSR count). The van der Waals surface area contributed by atoms with Crippen LogP contribution in [-0.2, 0) is 9.53 Å². The average Bonchev–Trinajstić information content (AvgIpc) is 2.89. The third kappa shape index (κ3) is 3.83. The number of carboxylic acid groups (broad SMARTS) is 1. The molecular formula is C13H23N3O4. The Morgan fingerprint density at radius 1 is 1.35 bits per heavy atom. The van der Waals surface area contributed by atoms with Gasteiger partial charge in [0.15, 0.2) is 0 Å². The van der Waals surface area contributed by atoms with Crippen molar-refractivity contribution in [3.8, 4) is 0 Å². The van der Waals surface area contributed by atoms with E-state index in [9.17, 15) is 9.59 Å². The summed E-state index contributed by atoms with van der Waals surface area (Å²) >= 11 is 0. The molecule has 0 saturated carbocycles. The molecule has 114 valence electrons. The number of carboxylic acids is 1. The van der Waals surface area contributed by atoms with Crippen LogP contribution in [0.1, 0.15) is 19.8 Å². The van der Waals surface area contributed by atoms with E-state index >= 15 is 0 Å². The minimum absolute atomic E-state index is 0.00403. The van der Waals surface area contributed by atoms with E-state index in [1.54, 1.807) is 0 Å². The number of morpholine rings is 1. The molecule has 2 atom stereocenters. The van der Waals surface area contributed by atoms with Crippen LogP contribution in [0.15, 0.2) is 0 Å². The molecule has 2 N–H and O–H groups in total. The van der Waals surface area contributed by atoms with Gasteiger partial charge in [0.1, 0.15) is 6.04 Å². The monoisotopic (exact) mass is 285 g/mol. The zero-order valence-corrected chi connectivity index (χ0v) is 11.9. The molecule has 2 heterocycles. The molecule has 7 nitrogen and oxygen atoms in total. The van der Waals surface area contributed by atoms with Gasteiger partial charge in [0.2, 0.25) is 0 Å². The average molecular weight is 285 g/mol. The van der Waals surface area contributed by atoms with Crippen molar-refractivity contribution >= 4 is 12.0 Å². The van der Waals surface area contributed by atoms with Crippen LogP contribution < -0.4 is 5.32 Å². The number of urea groups is 1. The van der Waals surface area contributed by atoms with Crippen molar-refractivity contribution in [2.75, 3.05) is 39.4 Å². The van der Waals surface area contributed by atoms with E-state index in [1.165, 1.54) is 4.90 Å². The van der Waals surface area contributed by atoms with E-state index in [0.29, 0.717) is 13.0 Å². The number of rotatable bonds is 4. The zero-order valence-electron chi connectivity index (χ0n) is 11.9. The topological polar surface area (TPSA) is 82.1 Å². The van der Waals surface area contributed by atoms with Gasteiger partial charge in [0.25, 0.3) is 0 Å². The van der Waals surface area contributed by atoms with Crippen molar-refractivity contribution < 1.29 is 19.4 Å². The lowest BCUT2D eigenvalue weighted by Crippen LogP contribution is -2.52. The Morgan fingerprint density at radius 2 is 2.05 bits per heavy atom. The van der Waals surface area contributed by atoms with E-state index in [0.717, 1.165) is 39.3 Å². The molecular weight excluding hydrogens is 262 g/mol. The summed E-state index contributed by atoms with van der Waals surface area (Å²) < 4.78 is 5.28. The lowest BCUT2D eigenvalue weighted by Gasteiger charge is -2.30. The van der Waals surface area contributed by atoms with E-state index in [1.807, 2.05) is 6.92 Å². The van der Waals surface area contributed by atoms with Crippen LogP contribution >= 0.6 is 0 Å². The summed E-state index contributed by atoms with van der Waals surface area (Å²) in [5.41, 5.74) is 0. The van der Waals surface area contributed by atoms with Gasteiger partial charge < -0.3 is 20.1 Å². The van der Waals surface area contributed by atoms with Gasteiger partial charge in [-0.05, 0) is 19.8 Å². The molecule has 2 aliphatic heterocycles. The molecule has 2 saturated heterocycles. The number of nitrogens with one attached hydrogen (secondary N) is 1. The first-order valence-electron chi connectivity index (χ1n) is 7.18. The Kier molecular flexibility index (Phi) is 5.19. The number of ether oxygens (including phenoxy) is 1. The van der Waals surface area contributed by atoms with Gasteiger partial charge in [-0.25, -0.2) is 9.59 Å². The van der Waals surface area contributed by atoms with Crippen LogP contribution in [0, 0.1) is 0 Å². The fourth-order valence-corrected chi connectivity index (χ4v) is 2.78. The number of hydrogen-bond acceptors (Lipinski definition) is 4. The number of carbonyl (C=O) groups is 2. The Balaban J connectivity index is 1.79. The van der Waals surface area contributed by atoms with Gasteiger partial charge in [0.05, 0.1) is 13.2 Å². The molecule has 20 heavy (non-hydrogen) atoms. The van der Waals surface area contributed by atoms with E-state index < -0.39 is 12.0 Å². The summed E-state index contributed by atoms with van der Waals surface area (Å²) in [4.78, 5) is 26.9. The Hall–Kier alpha value is -1.34. The van der Waals surface area contributed by atoms with Gasteiger partial charge in [-0.2, -0.15) is 0 Å². The quantitative estimate of drug-likeness (QED) is 0.758. The number of nitrogens with zero attached hydrogens (tertiary/aromatic N) is 2. The summed E-state index contributed by atoms with van der Waals surface area (Å²) in [6.07, 6.45) is 1.29. The first kappa shape index (κ1) is 15.1. The Bertz CT molecular complexity index is 358. The van der Waals surface area contributed by atoms with Crippen molar-refractivity contribution in [3.05, 3.63) is 0 Å². The van der Waals surface area contributed by atoms with Crippen molar-refractivity contribution in [1.29, 1.82) is 0 Å². The molecule has 0 aromatic carbocycles. The normalized spacial score (nSPS) is 25.4. The SMILES string of the molecule is CC(CN1CCOCC1)NC(=O)N1CCC[C@@H]1C(=O)O. The molecule has 2 aliphatic rings. The summed E-state index contributed by atoms with van der Waals surface area (Å²) in [6.45, 7) is 6.44. The number of amides is 2. The third-order valence-corrected chi connectivity index (χ3v) is 3.80. The first-order valence-corrected chi connectivity index (χ1v) is 7.18. The maximum Gasteiger partial charge on any atom is 0.326 e. The molecule has 1 unspecified atom stereocenters. The predicted octanol–water partition coefficient (Wildman–Crippen LogP) is -0.0343. The number of carbonyl (C=O) groups excluding carboxylic acids is 1. The second kappa shape index (κ2) is 6.90. The molecule has 0 aromatic rings. The zero-order chi connectivity index (χ0) is 14.5. The van der Waals surface area contributed by atoms with Gasteiger partial charge >= 0.3 is 12.0 Å². The van der Waals surface area contributed by atoms with Crippen molar-refractivity contribution in [1.82, 2.24) is 15.1 Å². The number of likely N-dealkylation sites (tertiary alicyclic amines) is 1. The number of hydrogen-bond donors (Lipinski definition) is 2. The smallest absolute Gasteiger partial charge is 0.326 e. The molecule has 2 fully saturated rings. The van der Waals surface area contributed by atoms with Crippen LogP contribution in [-0.4, -0.2) is 78.4 Å². The van der Waals surface area contributed by atoms with Crippen LogP contribution in [0.2, 0.25) is 0 Å². The standard InChI is InChI=1S/C13H23N3O4/c1-10(9-15-5-7-20-8-6-15)14-13(19)16-4-2-3-11(16)12(17)18/h10-11H,2-9H2,1H3,(H,14,19)(H,17,18)/t10?,11-/m1/s1. The van der Waals surface area contributed by atoms with Crippen molar-refractivity contribution in [2.24, 2.45) is 0 Å². The molecule has 2 amide bonds. The minimum atomic E-state index is -0.918. The first-order chi connectivity index (χ1) is 9.58. The van der Waals surface area contributed by atoms with E-state index in [-0.39, 0.29) is 12.1 Å². The summed E-state index contributed by atoms with van der Waals surface area (Å²) in [5, 5.41) is 12.0. The predicted molar refractivity (Wildman–Crippen MR) is 72.6 cm³/mol. The third-order valence-electron chi connectivity index (χ3n) is 3.80. The van der Waals surface area contributed by atoms with Gasteiger partial charge in [-0.3, -0.25) is 4.90 Å². The maximum absolute atomic E-state index is 12.1. The van der Waals surface area contributed by atoms with Crippen molar-refractivity contribution in [2.45, 2.75) is 31.8 Å². The maximum atomic E-state index is 12.1. The lowest BCUT2D eigenvalue weighted by atomic mass is 10.2. The van der Waals surface area contributed by atoms with Crippen LogP contribution in [0.25, 0.3) is 0 Å². The van der Waals surface area contributed by atoms with Crippen LogP contribution in [0.3, 0.4) is 0 Å². The van der Waals surface area contributed by atoms with Crippen molar-refractivity contribution in [3.63, 3.8) is 0 Å². The second-order valence-corrected chi connectivity index (χ2v) is 5.45. The fraction of sp³-hybridized carbons (Fsp3) is 0.846. The van der Waals surface area contributed by atoms with Gasteiger partial charge in [-0.1, -0.05) is 0 Å². The summed E-state index contributed by atoms with van der Waals surface area (Å²) in [6, 6.07) is -0.947. The number of aliphatic carboxylic acids is 1. The highest BCUT2D eigenvalue weighted by Crippen LogP contribution is 2.17. The highest BCUT2D eigenvalue weighted by atomic mass is 16.5. The molecule has 7 heteroatoms. The fourth-order valence-electron chi connectivity index (χ4n) is 2.78. The molecule has 0 aliphatic carbocycles. The van der Waals surface area contributed by atoms with Crippen LogP contribution in [0.5, 0.6) is 0 Å². The Morgan fingerprint density at radius 3 is 2.70 bits per heavy atom. The van der Waals surface area contributed by atoms with Gasteiger partial charge in [-0.15, -0.1) is 0 Å². The van der Waals surface area contributed by atoms with Gasteiger partial charge in [0, 0.05) is 32.2 Å². The summed E-state index contributed by atoms with van der Waals surface area (Å²) in [5.74, 6) is -0.918. The molecule has 0 spiro atoms.